The van der Waals surface area contributed by atoms with E-state index in [-0.39, 0.29) is 30.7 Å². The van der Waals surface area contributed by atoms with Crippen molar-refractivity contribution in [3.8, 4) is 0 Å². The third kappa shape index (κ3) is 2.75. The summed E-state index contributed by atoms with van der Waals surface area (Å²) in [7, 11) is 0. The average Bonchev–Trinajstić information content (AvgIpc) is 3.13. The van der Waals surface area contributed by atoms with Gasteiger partial charge in [0.1, 0.15) is 0 Å². The van der Waals surface area contributed by atoms with Crippen molar-refractivity contribution in [2.75, 3.05) is 6.54 Å². The van der Waals surface area contributed by atoms with E-state index >= 15 is 0 Å². The molecule has 0 spiro atoms. The largest absolute Gasteiger partial charge is 0.350 e. The van der Waals surface area contributed by atoms with Gasteiger partial charge in [0.25, 0.3) is 11.8 Å². The lowest BCUT2D eigenvalue weighted by Gasteiger charge is -2.13. The Morgan fingerprint density at radius 1 is 1.18 bits per heavy atom. The highest BCUT2D eigenvalue weighted by Gasteiger charge is 2.34. The molecule has 0 atom stereocenters. The number of thiazole rings is 1. The highest BCUT2D eigenvalue weighted by Crippen LogP contribution is 2.22. The summed E-state index contributed by atoms with van der Waals surface area (Å²) in [6.45, 7) is 0.430. The molecule has 0 fully saturated rings. The fourth-order valence-corrected chi connectivity index (χ4v) is 2.82. The summed E-state index contributed by atoms with van der Waals surface area (Å²) in [5.74, 6) is -0.898. The van der Waals surface area contributed by atoms with Gasteiger partial charge >= 0.3 is 0 Å². The number of benzene rings is 1. The van der Waals surface area contributed by atoms with E-state index in [1.807, 2.05) is 5.38 Å². The van der Waals surface area contributed by atoms with Gasteiger partial charge in [0.15, 0.2) is 0 Å². The molecule has 0 saturated heterocycles. The molecule has 0 bridgehead atoms. The van der Waals surface area contributed by atoms with E-state index in [9.17, 15) is 14.4 Å². The second-order valence-corrected chi connectivity index (χ2v) is 5.53. The maximum absolute atomic E-state index is 12.1. The minimum Gasteiger partial charge on any atom is -0.350 e. The number of aromatic nitrogens is 1. The summed E-state index contributed by atoms with van der Waals surface area (Å²) in [5, 5.41) is 4.57. The van der Waals surface area contributed by atoms with Crippen molar-refractivity contribution >= 4 is 29.1 Å². The Morgan fingerprint density at radius 3 is 2.45 bits per heavy atom. The van der Waals surface area contributed by atoms with Gasteiger partial charge in [0.05, 0.1) is 28.9 Å². The molecule has 0 aliphatic carbocycles. The van der Waals surface area contributed by atoms with Crippen LogP contribution >= 0.6 is 11.3 Å². The Labute approximate surface area is 130 Å². The van der Waals surface area contributed by atoms with Gasteiger partial charge in [-0.3, -0.25) is 19.3 Å². The first-order valence-corrected chi connectivity index (χ1v) is 7.70. The predicted octanol–water partition coefficient (Wildman–Crippen LogP) is 1.45. The Morgan fingerprint density at radius 2 is 1.86 bits per heavy atom. The summed E-state index contributed by atoms with van der Waals surface area (Å²) >= 11 is 1.46. The van der Waals surface area contributed by atoms with E-state index in [4.69, 9.17) is 0 Å². The molecular formula is C15H13N3O3S. The lowest BCUT2D eigenvalue weighted by molar-refractivity contribution is -0.121. The number of nitrogens with one attached hydrogen (secondary N) is 1. The molecule has 3 amide bonds. The van der Waals surface area contributed by atoms with Crippen LogP contribution in [0.5, 0.6) is 0 Å². The number of rotatable bonds is 5. The van der Waals surface area contributed by atoms with E-state index in [0.29, 0.717) is 17.7 Å². The second-order valence-electron chi connectivity index (χ2n) is 4.81. The van der Waals surface area contributed by atoms with Crippen LogP contribution in [0.25, 0.3) is 0 Å². The Balaban J connectivity index is 1.55. The minimum absolute atomic E-state index is 0.0786. The Hall–Kier alpha value is -2.54. The van der Waals surface area contributed by atoms with Crippen LogP contribution < -0.4 is 5.32 Å². The molecule has 22 heavy (non-hydrogen) atoms. The molecule has 0 radical (unpaired) electrons. The fraction of sp³-hybridized carbons (Fsp3) is 0.200. The van der Waals surface area contributed by atoms with Crippen molar-refractivity contribution in [1.29, 1.82) is 0 Å². The summed E-state index contributed by atoms with van der Waals surface area (Å²) in [4.78, 5) is 41.2. The number of imide groups is 1. The zero-order chi connectivity index (χ0) is 15.5. The van der Waals surface area contributed by atoms with Crippen molar-refractivity contribution < 1.29 is 14.4 Å². The van der Waals surface area contributed by atoms with Gasteiger partial charge in [-0.25, -0.2) is 4.98 Å². The van der Waals surface area contributed by atoms with Crippen LogP contribution in [0.3, 0.4) is 0 Å². The zero-order valence-corrected chi connectivity index (χ0v) is 12.4. The van der Waals surface area contributed by atoms with Gasteiger partial charge in [-0.05, 0) is 12.1 Å². The Bertz CT molecular complexity index is 692. The summed E-state index contributed by atoms with van der Waals surface area (Å²) in [6, 6.07) is 6.68. The molecule has 1 aliphatic heterocycles. The van der Waals surface area contributed by atoms with Gasteiger partial charge in [-0.2, -0.15) is 0 Å². The molecule has 3 rings (SSSR count). The zero-order valence-electron chi connectivity index (χ0n) is 11.6. The van der Waals surface area contributed by atoms with Crippen molar-refractivity contribution in [2.45, 2.75) is 13.0 Å². The van der Waals surface area contributed by atoms with Gasteiger partial charge < -0.3 is 5.32 Å². The lowest BCUT2D eigenvalue weighted by atomic mass is 10.1. The van der Waals surface area contributed by atoms with E-state index in [0.717, 1.165) is 10.6 Å². The number of hydrogen-bond acceptors (Lipinski definition) is 5. The maximum atomic E-state index is 12.1. The van der Waals surface area contributed by atoms with E-state index < -0.39 is 0 Å². The van der Waals surface area contributed by atoms with E-state index in [1.165, 1.54) is 11.3 Å². The third-order valence-electron chi connectivity index (χ3n) is 3.39. The van der Waals surface area contributed by atoms with Crippen molar-refractivity contribution in [1.82, 2.24) is 15.2 Å². The molecule has 0 unspecified atom stereocenters. The highest BCUT2D eigenvalue weighted by molar-refractivity contribution is 7.07. The fourth-order valence-electron chi connectivity index (χ4n) is 2.26. The molecule has 1 aromatic heterocycles. The van der Waals surface area contributed by atoms with Crippen molar-refractivity contribution in [3.05, 3.63) is 52.0 Å². The summed E-state index contributed by atoms with van der Waals surface area (Å²) < 4.78 is 0. The quantitative estimate of drug-likeness (QED) is 0.847. The number of fused-ring (bicyclic) bond motifs is 1. The van der Waals surface area contributed by atoms with Crippen LogP contribution in [0, 0.1) is 0 Å². The standard InChI is InChI=1S/C15H13N3O3S/c19-13(16-7-10-8-22-9-17-10)5-6-18-14(20)11-3-1-2-4-12(11)15(18)21/h1-4,8-9H,5-7H2,(H,16,19). The molecule has 6 nitrogen and oxygen atoms in total. The SMILES string of the molecule is O=C(CCN1C(=O)c2ccccc2C1=O)NCc1cscn1. The molecule has 1 aliphatic rings. The molecule has 2 aromatic rings. The molecule has 2 heterocycles. The lowest BCUT2D eigenvalue weighted by Crippen LogP contribution is -2.34. The molecule has 0 saturated carbocycles. The van der Waals surface area contributed by atoms with Crippen molar-refractivity contribution in [3.63, 3.8) is 0 Å². The summed E-state index contributed by atoms with van der Waals surface area (Å²) in [5.41, 5.74) is 3.28. The number of hydrogen-bond donors (Lipinski definition) is 1. The van der Waals surface area contributed by atoms with Gasteiger partial charge in [-0.1, -0.05) is 12.1 Å². The van der Waals surface area contributed by atoms with Crippen LogP contribution in [0.2, 0.25) is 0 Å². The molecule has 112 valence electrons. The first-order chi connectivity index (χ1) is 10.7. The molecule has 7 heteroatoms. The van der Waals surface area contributed by atoms with Gasteiger partial charge in [0.2, 0.25) is 5.91 Å². The number of amides is 3. The van der Waals surface area contributed by atoms with Crippen LogP contribution in [0.4, 0.5) is 0 Å². The molecular weight excluding hydrogens is 302 g/mol. The van der Waals surface area contributed by atoms with E-state index in [2.05, 4.69) is 10.3 Å². The topological polar surface area (TPSA) is 79.4 Å². The van der Waals surface area contributed by atoms with Crippen LogP contribution in [0.15, 0.2) is 35.2 Å². The van der Waals surface area contributed by atoms with Crippen LogP contribution in [-0.2, 0) is 11.3 Å². The number of nitrogens with zero attached hydrogens (tertiary/aromatic N) is 2. The third-order valence-corrected chi connectivity index (χ3v) is 4.03. The van der Waals surface area contributed by atoms with Crippen molar-refractivity contribution in [2.24, 2.45) is 0 Å². The van der Waals surface area contributed by atoms with Gasteiger partial charge in [-0.15, -0.1) is 11.3 Å². The highest BCUT2D eigenvalue weighted by atomic mass is 32.1. The number of carbonyl (C=O) groups excluding carboxylic acids is 3. The normalized spacial score (nSPS) is 13.4. The van der Waals surface area contributed by atoms with Crippen LogP contribution in [0.1, 0.15) is 32.8 Å². The molecule has 1 aromatic carbocycles. The first kappa shape index (κ1) is 14.4. The predicted molar refractivity (Wildman–Crippen MR) is 80.4 cm³/mol. The second kappa shape index (κ2) is 6.07. The number of carbonyl (C=O) groups is 3. The van der Waals surface area contributed by atoms with E-state index in [1.54, 1.807) is 29.8 Å². The smallest absolute Gasteiger partial charge is 0.261 e. The average molecular weight is 315 g/mol. The maximum Gasteiger partial charge on any atom is 0.261 e. The summed E-state index contributed by atoms with van der Waals surface area (Å²) in [6.07, 6.45) is 0.0790. The minimum atomic E-state index is -0.340. The first-order valence-electron chi connectivity index (χ1n) is 6.76. The van der Waals surface area contributed by atoms with Gasteiger partial charge in [0, 0.05) is 18.3 Å². The molecule has 1 N–H and O–H groups in total. The van der Waals surface area contributed by atoms with Crippen LogP contribution in [-0.4, -0.2) is 34.2 Å². The Kier molecular flexibility index (Phi) is 3.97. The monoisotopic (exact) mass is 315 g/mol.